The predicted octanol–water partition coefficient (Wildman–Crippen LogP) is 3.35. The van der Waals surface area contributed by atoms with Crippen molar-refractivity contribution in [3.63, 3.8) is 0 Å². The Hall–Kier alpha value is -0.860. The summed E-state index contributed by atoms with van der Waals surface area (Å²) in [6.45, 7) is 4.31. The summed E-state index contributed by atoms with van der Waals surface area (Å²) in [5.74, 6) is 0. The molecule has 0 amide bonds. The van der Waals surface area contributed by atoms with Crippen molar-refractivity contribution in [2.45, 2.75) is 44.4 Å². The number of ether oxygens (including phenoxy) is 1. The molecular weight excluding hydrogens is 210 g/mol. The number of fused-ring (bicyclic) bond motifs is 1. The molecule has 3 rings (SSSR count). The Balaban J connectivity index is 1.86. The van der Waals surface area contributed by atoms with E-state index in [2.05, 4.69) is 42.2 Å². The van der Waals surface area contributed by atoms with Crippen molar-refractivity contribution in [2.24, 2.45) is 0 Å². The number of hydrogen-bond acceptors (Lipinski definition) is 2. The smallest absolute Gasteiger partial charge is 0.122 e. The molecule has 0 aromatic heterocycles. The monoisotopic (exact) mass is 231 g/mol. The van der Waals surface area contributed by atoms with Crippen LogP contribution in [0.2, 0.25) is 0 Å². The summed E-state index contributed by atoms with van der Waals surface area (Å²) in [6.07, 6.45) is 4.88. The molecule has 2 heterocycles. The third kappa shape index (κ3) is 1.80. The van der Waals surface area contributed by atoms with E-state index in [-0.39, 0.29) is 5.72 Å². The maximum absolute atomic E-state index is 6.20. The van der Waals surface area contributed by atoms with Gasteiger partial charge in [0, 0.05) is 6.54 Å². The van der Waals surface area contributed by atoms with Gasteiger partial charge in [0.15, 0.2) is 0 Å². The van der Waals surface area contributed by atoms with Gasteiger partial charge in [-0.05, 0) is 24.8 Å². The first kappa shape index (κ1) is 11.2. The van der Waals surface area contributed by atoms with Crippen LogP contribution in [-0.2, 0) is 4.74 Å². The van der Waals surface area contributed by atoms with E-state index in [0.29, 0.717) is 6.04 Å². The Kier molecular flexibility index (Phi) is 2.93. The molecule has 0 radical (unpaired) electrons. The molecule has 2 saturated heterocycles. The lowest BCUT2D eigenvalue weighted by Gasteiger charge is -2.32. The SMILES string of the molecule is CCC[C@]12CCCN1[C@H](c1ccccc1)CO2. The first-order valence-electron chi connectivity index (χ1n) is 6.81. The van der Waals surface area contributed by atoms with E-state index in [9.17, 15) is 0 Å². The van der Waals surface area contributed by atoms with E-state index in [1.165, 1.54) is 37.8 Å². The molecule has 2 aliphatic heterocycles. The van der Waals surface area contributed by atoms with Crippen molar-refractivity contribution in [3.05, 3.63) is 35.9 Å². The zero-order chi connectivity index (χ0) is 11.7. The first-order valence-corrected chi connectivity index (χ1v) is 6.81. The van der Waals surface area contributed by atoms with Gasteiger partial charge in [0.05, 0.1) is 12.6 Å². The van der Waals surface area contributed by atoms with Crippen LogP contribution in [0.3, 0.4) is 0 Å². The summed E-state index contributed by atoms with van der Waals surface area (Å²) in [5, 5.41) is 0. The van der Waals surface area contributed by atoms with Crippen LogP contribution in [0.4, 0.5) is 0 Å². The number of benzene rings is 1. The second kappa shape index (κ2) is 4.43. The summed E-state index contributed by atoms with van der Waals surface area (Å²) < 4.78 is 6.20. The molecule has 0 aliphatic carbocycles. The normalized spacial score (nSPS) is 32.9. The third-order valence-electron chi connectivity index (χ3n) is 4.20. The van der Waals surface area contributed by atoms with Crippen molar-refractivity contribution >= 4 is 0 Å². The van der Waals surface area contributed by atoms with E-state index in [1.807, 2.05) is 0 Å². The topological polar surface area (TPSA) is 12.5 Å². The molecule has 2 heteroatoms. The minimum atomic E-state index is 0.0647. The second-order valence-corrected chi connectivity index (χ2v) is 5.23. The van der Waals surface area contributed by atoms with Gasteiger partial charge in [0.25, 0.3) is 0 Å². The van der Waals surface area contributed by atoms with Crippen molar-refractivity contribution < 1.29 is 4.74 Å². The molecule has 92 valence electrons. The average molecular weight is 231 g/mol. The molecular formula is C15H21NO. The van der Waals surface area contributed by atoms with Crippen LogP contribution in [0.15, 0.2) is 30.3 Å². The molecule has 0 unspecified atom stereocenters. The van der Waals surface area contributed by atoms with Gasteiger partial charge >= 0.3 is 0 Å². The van der Waals surface area contributed by atoms with Gasteiger partial charge in [-0.3, -0.25) is 4.90 Å². The van der Waals surface area contributed by atoms with E-state index in [1.54, 1.807) is 0 Å². The lowest BCUT2D eigenvalue weighted by molar-refractivity contribution is -0.0675. The van der Waals surface area contributed by atoms with Crippen LogP contribution < -0.4 is 0 Å². The van der Waals surface area contributed by atoms with Crippen LogP contribution in [0.25, 0.3) is 0 Å². The molecule has 0 bridgehead atoms. The first-order chi connectivity index (χ1) is 8.36. The Morgan fingerprint density at radius 1 is 1.35 bits per heavy atom. The van der Waals surface area contributed by atoms with Crippen LogP contribution in [0.5, 0.6) is 0 Å². The minimum Gasteiger partial charge on any atom is -0.358 e. The van der Waals surface area contributed by atoms with Crippen molar-refractivity contribution in [2.75, 3.05) is 13.2 Å². The quantitative estimate of drug-likeness (QED) is 0.791. The van der Waals surface area contributed by atoms with Crippen LogP contribution in [0, 0.1) is 0 Å². The van der Waals surface area contributed by atoms with Crippen LogP contribution >= 0.6 is 0 Å². The highest BCUT2D eigenvalue weighted by atomic mass is 16.5. The average Bonchev–Trinajstić information content (AvgIpc) is 2.89. The van der Waals surface area contributed by atoms with Gasteiger partial charge in [0.2, 0.25) is 0 Å². The third-order valence-corrected chi connectivity index (χ3v) is 4.20. The van der Waals surface area contributed by atoms with E-state index in [0.717, 1.165) is 6.61 Å². The summed E-state index contributed by atoms with van der Waals surface area (Å²) in [5.41, 5.74) is 1.47. The molecule has 1 aromatic rings. The Morgan fingerprint density at radius 3 is 2.94 bits per heavy atom. The largest absolute Gasteiger partial charge is 0.358 e. The van der Waals surface area contributed by atoms with Crippen molar-refractivity contribution in [3.8, 4) is 0 Å². The molecule has 2 fully saturated rings. The fourth-order valence-electron chi connectivity index (χ4n) is 3.47. The lowest BCUT2D eigenvalue weighted by atomic mass is 10.0. The molecule has 1 aromatic carbocycles. The molecule has 0 saturated carbocycles. The van der Waals surface area contributed by atoms with Crippen LogP contribution in [0.1, 0.15) is 44.2 Å². The van der Waals surface area contributed by atoms with E-state index in [4.69, 9.17) is 4.74 Å². The highest BCUT2D eigenvalue weighted by Crippen LogP contribution is 2.46. The molecule has 17 heavy (non-hydrogen) atoms. The molecule has 0 N–H and O–H groups in total. The number of hydrogen-bond donors (Lipinski definition) is 0. The van der Waals surface area contributed by atoms with Gasteiger partial charge in [-0.1, -0.05) is 43.7 Å². The van der Waals surface area contributed by atoms with E-state index >= 15 is 0 Å². The van der Waals surface area contributed by atoms with Crippen LogP contribution in [-0.4, -0.2) is 23.8 Å². The van der Waals surface area contributed by atoms with E-state index < -0.39 is 0 Å². The van der Waals surface area contributed by atoms with Gasteiger partial charge in [0.1, 0.15) is 5.72 Å². The molecule has 2 atom stereocenters. The van der Waals surface area contributed by atoms with Gasteiger partial charge < -0.3 is 4.74 Å². The predicted molar refractivity (Wildman–Crippen MR) is 68.7 cm³/mol. The van der Waals surface area contributed by atoms with Gasteiger partial charge in [-0.15, -0.1) is 0 Å². The Labute approximate surface area is 104 Å². The fourth-order valence-corrected chi connectivity index (χ4v) is 3.47. The highest BCUT2D eigenvalue weighted by Gasteiger charge is 2.50. The Bertz CT molecular complexity index is 378. The fraction of sp³-hybridized carbons (Fsp3) is 0.600. The molecule has 2 aliphatic rings. The summed E-state index contributed by atoms with van der Waals surface area (Å²) >= 11 is 0. The van der Waals surface area contributed by atoms with Crippen molar-refractivity contribution in [1.29, 1.82) is 0 Å². The molecule has 2 nitrogen and oxygen atoms in total. The number of nitrogens with zero attached hydrogens (tertiary/aromatic N) is 1. The zero-order valence-electron chi connectivity index (χ0n) is 10.6. The second-order valence-electron chi connectivity index (χ2n) is 5.23. The standard InChI is InChI=1S/C15H21NO/c1-2-9-15-10-6-11-16(15)14(12-17-15)13-7-4-3-5-8-13/h3-5,7-8,14H,2,6,9-12H2,1H3/t14-,15-/m0/s1. The maximum atomic E-state index is 6.20. The lowest BCUT2D eigenvalue weighted by Crippen LogP contribution is -2.40. The zero-order valence-corrected chi connectivity index (χ0v) is 10.6. The van der Waals surface area contributed by atoms with Crippen molar-refractivity contribution in [1.82, 2.24) is 4.90 Å². The summed E-state index contributed by atoms with van der Waals surface area (Å²) in [6, 6.07) is 11.3. The van der Waals surface area contributed by atoms with Gasteiger partial charge in [-0.25, -0.2) is 0 Å². The minimum absolute atomic E-state index is 0.0647. The number of rotatable bonds is 3. The highest BCUT2D eigenvalue weighted by molar-refractivity contribution is 5.21. The molecule has 0 spiro atoms. The van der Waals surface area contributed by atoms with Gasteiger partial charge in [-0.2, -0.15) is 0 Å². The summed E-state index contributed by atoms with van der Waals surface area (Å²) in [7, 11) is 0. The summed E-state index contributed by atoms with van der Waals surface area (Å²) in [4.78, 5) is 2.60. The maximum Gasteiger partial charge on any atom is 0.122 e. The Morgan fingerprint density at radius 2 is 2.18 bits per heavy atom.